The van der Waals surface area contributed by atoms with Gasteiger partial charge in [0.15, 0.2) is 11.5 Å². The van der Waals surface area contributed by atoms with Gasteiger partial charge in [0.2, 0.25) is 0 Å². The minimum Gasteiger partial charge on any atom is -0.457 e. The van der Waals surface area contributed by atoms with Crippen molar-refractivity contribution in [1.29, 1.82) is 5.26 Å². The topological polar surface area (TPSA) is 145 Å². The fourth-order valence-corrected chi connectivity index (χ4v) is 4.90. The summed E-state index contributed by atoms with van der Waals surface area (Å²) in [6.45, 7) is 5.41. The van der Waals surface area contributed by atoms with E-state index in [1.807, 2.05) is 51.2 Å². The molecule has 0 atom stereocenters. The van der Waals surface area contributed by atoms with Crippen LogP contribution in [0.2, 0.25) is 0 Å². The van der Waals surface area contributed by atoms with Gasteiger partial charge in [0.1, 0.15) is 35.0 Å². The van der Waals surface area contributed by atoms with Crippen molar-refractivity contribution in [2.45, 2.75) is 32.0 Å². The van der Waals surface area contributed by atoms with Gasteiger partial charge in [0.25, 0.3) is 5.91 Å². The summed E-state index contributed by atoms with van der Waals surface area (Å²) in [7, 11) is 3.55. The zero-order valence-electron chi connectivity index (χ0n) is 24.6. The van der Waals surface area contributed by atoms with Crippen molar-refractivity contribution in [3.8, 4) is 23.3 Å². The van der Waals surface area contributed by atoms with E-state index in [1.54, 1.807) is 37.4 Å². The minimum absolute atomic E-state index is 0.0266. The molecule has 3 heterocycles. The second kappa shape index (κ2) is 12.1. The molecule has 4 aromatic rings. The molecule has 12 nitrogen and oxygen atoms in total. The van der Waals surface area contributed by atoms with E-state index in [1.165, 1.54) is 20.4 Å². The SMILES string of the molecule is CN(CCn1c(=O)n(-c2ccc(Oc3ccccc3)cc2)c2c(N)ncnc21)C(=O)C(C#N)=CC(C)(C)N(C)C1COC1. The number of ether oxygens (including phenoxy) is 2. The number of hydrogen-bond acceptors (Lipinski definition) is 9. The number of carbonyl (C=O) groups is 1. The van der Waals surface area contributed by atoms with Crippen molar-refractivity contribution in [1.82, 2.24) is 28.9 Å². The summed E-state index contributed by atoms with van der Waals surface area (Å²) < 4.78 is 14.1. The molecular formula is C31H34N8O4. The number of nitrogens with two attached hydrogens (primary N) is 1. The number of anilines is 1. The molecule has 43 heavy (non-hydrogen) atoms. The van der Waals surface area contributed by atoms with Crippen LogP contribution in [0.4, 0.5) is 5.82 Å². The predicted octanol–water partition coefficient (Wildman–Crippen LogP) is 2.97. The first-order valence-electron chi connectivity index (χ1n) is 13.8. The number of para-hydroxylation sites is 1. The van der Waals surface area contributed by atoms with Crippen LogP contribution in [0.15, 0.2) is 77.4 Å². The Morgan fingerprint density at radius 3 is 2.44 bits per heavy atom. The van der Waals surface area contributed by atoms with E-state index in [0.717, 1.165) is 0 Å². The molecule has 0 radical (unpaired) electrons. The van der Waals surface area contributed by atoms with Gasteiger partial charge >= 0.3 is 5.69 Å². The third-order valence-corrected chi connectivity index (χ3v) is 7.74. The highest BCUT2D eigenvalue weighted by atomic mass is 16.5. The van der Waals surface area contributed by atoms with Crippen molar-refractivity contribution >= 4 is 22.9 Å². The lowest BCUT2D eigenvalue weighted by Gasteiger charge is -2.43. The van der Waals surface area contributed by atoms with E-state index in [9.17, 15) is 14.9 Å². The lowest BCUT2D eigenvalue weighted by molar-refractivity contribution is -0.125. The molecule has 2 aromatic carbocycles. The summed E-state index contributed by atoms with van der Waals surface area (Å²) in [5.41, 5.74) is 6.57. The largest absolute Gasteiger partial charge is 0.457 e. The molecule has 0 aliphatic carbocycles. The Morgan fingerprint density at radius 1 is 1.14 bits per heavy atom. The van der Waals surface area contributed by atoms with Gasteiger partial charge in [0, 0.05) is 25.7 Å². The summed E-state index contributed by atoms with van der Waals surface area (Å²) in [5.74, 6) is 1.01. The Balaban J connectivity index is 1.38. The van der Waals surface area contributed by atoms with Crippen molar-refractivity contribution in [3.05, 3.63) is 83.1 Å². The average molecular weight is 583 g/mol. The molecule has 2 N–H and O–H groups in total. The normalized spacial score (nSPS) is 14.0. The quantitative estimate of drug-likeness (QED) is 0.220. The van der Waals surface area contributed by atoms with Crippen LogP contribution in [-0.4, -0.2) is 80.2 Å². The summed E-state index contributed by atoms with van der Waals surface area (Å²) >= 11 is 0. The molecule has 2 aromatic heterocycles. The smallest absolute Gasteiger partial charge is 0.335 e. The number of rotatable bonds is 10. The molecule has 1 saturated heterocycles. The number of aromatic nitrogens is 4. The number of benzene rings is 2. The van der Waals surface area contributed by atoms with E-state index < -0.39 is 11.4 Å². The van der Waals surface area contributed by atoms with Crippen LogP contribution in [0.1, 0.15) is 13.8 Å². The molecule has 222 valence electrons. The highest BCUT2D eigenvalue weighted by molar-refractivity contribution is 5.97. The van der Waals surface area contributed by atoms with Gasteiger partial charge < -0.3 is 20.1 Å². The van der Waals surface area contributed by atoms with Crippen LogP contribution < -0.4 is 16.2 Å². The molecule has 0 bridgehead atoms. The Bertz CT molecular complexity index is 1750. The van der Waals surface area contributed by atoms with Gasteiger partial charge in [-0.3, -0.25) is 18.8 Å². The Labute approximate surface area is 249 Å². The lowest BCUT2D eigenvalue weighted by Crippen LogP contribution is -2.55. The number of hydrogen-bond donors (Lipinski definition) is 1. The molecule has 1 amide bonds. The third kappa shape index (κ3) is 5.99. The standard InChI is InChI=1S/C31H34N8O4/c1-31(2,37(4)23-18-42-19-23)16-21(17-32)29(40)36(3)14-15-38-28-26(27(33)34-20-35-28)39(30(38)41)22-10-12-25(13-11-22)43-24-8-6-5-7-9-24/h5-13,16,20,23H,14-15,18-19H2,1-4H3,(H2,33,34,35). The number of likely N-dealkylation sites (N-methyl/N-ethyl adjacent to an activating group) is 2. The van der Waals surface area contributed by atoms with E-state index in [-0.39, 0.29) is 36.2 Å². The first-order chi connectivity index (χ1) is 20.6. The summed E-state index contributed by atoms with van der Waals surface area (Å²) in [6.07, 6.45) is 2.98. The Kier molecular flexibility index (Phi) is 8.29. The summed E-state index contributed by atoms with van der Waals surface area (Å²) in [5, 5.41) is 9.83. The van der Waals surface area contributed by atoms with Gasteiger partial charge in [-0.05, 0) is 63.4 Å². The monoisotopic (exact) mass is 582 g/mol. The van der Waals surface area contributed by atoms with Gasteiger partial charge in [0.05, 0.1) is 24.9 Å². The number of amides is 1. The van der Waals surface area contributed by atoms with E-state index in [4.69, 9.17) is 15.2 Å². The predicted molar refractivity (Wildman–Crippen MR) is 162 cm³/mol. The average Bonchev–Trinajstić information content (AvgIpc) is 3.26. The molecule has 0 unspecified atom stereocenters. The van der Waals surface area contributed by atoms with Crippen molar-refractivity contribution < 1.29 is 14.3 Å². The van der Waals surface area contributed by atoms with Crippen LogP contribution in [0.5, 0.6) is 11.5 Å². The van der Waals surface area contributed by atoms with Gasteiger partial charge in [-0.1, -0.05) is 18.2 Å². The molecule has 1 aliphatic heterocycles. The van der Waals surface area contributed by atoms with Crippen LogP contribution in [0.25, 0.3) is 16.9 Å². The van der Waals surface area contributed by atoms with Crippen LogP contribution in [0.3, 0.4) is 0 Å². The van der Waals surface area contributed by atoms with Gasteiger partial charge in [-0.25, -0.2) is 14.8 Å². The van der Waals surface area contributed by atoms with Crippen molar-refractivity contribution in [2.24, 2.45) is 0 Å². The first kappa shape index (κ1) is 29.5. The number of imidazole rings is 1. The molecule has 0 spiro atoms. The van der Waals surface area contributed by atoms with E-state index in [0.29, 0.717) is 41.6 Å². The second-order valence-electron chi connectivity index (χ2n) is 11.0. The minimum atomic E-state index is -0.545. The van der Waals surface area contributed by atoms with Crippen molar-refractivity contribution in [3.63, 3.8) is 0 Å². The van der Waals surface area contributed by atoms with E-state index in [2.05, 4.69) is 20.9 Å². The maximum absolute atomic E-state index is 13.7. The number of nitrogen functional groups attached to an aromatic ring is 1. The number of fused-ring (bicyclic) bond motifs is 1. The van der Waals surface area contributed by atoms with Gasteiger partial charge in [-0.15, -0.1) is 0 Å². The van der Waals surface area contributed by atoms with Gasteiger partial charge in [-0.2, -0.15) is 5.26 Å². The van der Waals surface area contributed by atoms with Crippen molar-refractivity contribution in [2.75, 3.05) is 39.6 Å². The zero-order valence-corrected chi connectivity index (χ0v) is 24.6. The Hall–Kier alpha value is -4.99. The lowest BCUT2D eigenvalue weighted by atomic mass is 9.96. The highest BCUT2D eigenvalue weighted by Crippen LogP contribution is 2.26. The first-order valence-corrected chi connectivity index (χ1v) is 13.8. The summed E-state index contributed by atoms with van der Waals surface area (Å²) in [6, 6.07) is 18.7. The molecule has 5 rings (SSSR count). The molecular weight excluding hydrogens is 548 g/mol. The maximum Gasteiger partial charge on any atom is 0.335 e. The zero-order chi connectivity index (χ0) is 30.7. The third-order valence-electron chi connectivity index (χ3n) is 7.74. The number of nitrogens with zero attached hydrogens (tertiary/aromatic N) is 7. The van der Waals surface area contributed by atoms with Crippen LogP contribution in [-0.2, 0) is 16.1 Å². The molecule has 1 aliphatic rings. The summed E-state index contributed by atoms with van der Waals surface area (Å²) in [4.78, 5) is 39.0. The van der Waals surface area contributed by atoms with Crippen LogP contribution >= 0.6 is 0 Å². The van der Waals surface area contributed by atoms with E-state index >= 15 is 0 Å². The number of carbonyl (C=O) groups excluding carboxylic acids is 1. The van der Waals surface area contributed by atoms with Crippen LogP contribution in [0, 0.1) is 11.3 Å². The molecule has 12 heteroatoms. The maximum atomic E-state index is 13.7. The fourth-order valence-electron chi connectivity index (χ4n) is 4.90. The molecule has 0 saturated carbocycles. The Morgan fingerprint density at radius 2 is 1.81 bits per heavy atom. The highest BCUT2D eigenvalue weighted by Gasteiger charge is 2.33. The second-order valence-corrected chi connectivity index (χ2v) is 11.0. The number of nitriles is 1. The fraction of sp³-hybridized carbons (Fsp3) is 0.323. The molecule has 1 fully saturated rings.